The Hall–Kier alpha value is -2.29. The van der Waals surface area contributed by atoms with Gasteiger partial charge in [0, 0.05) is 5.56 Å². The van der Waals surface area contributed by atoms with Crippen LogP contribution in [-0.4, -0.2) is 5.91 Å². The number of amides is 1. The van der Waals surface area contributed by atoms with E-state index in [1.165, 1.54) is 0 Å². The molecule has 0 aliphatic heterocycles. The molecule has 3 heteroatoms. The number of primary amides is 1. The van der Waals surface area contributed by atoms with E-state index in [9.17, 15) is 4.79 Å². The lowest BCUT2D eigenvalue weighted by Crippen LogP contribution is -2.14. The highest BCUT2D eigenvalue weighted by molar-refractivity contribution is 5.77. The van der Waals surface area contributed by atoms with Crippen molar-refractivity contribution in [3.8, 4) is 5.75 Å². The van der Waals surface area contributed by atoms with Crippen molar-refractivity contribution in [3.05, 3.63) is 65.2 Å². The van der Waals surface area contributed by atoms with Gasteiger partial charge in [0.05, 0.1) is 6.42 Å². The van der Waals surface area contributed by atoms with Crippen LogP contribution in [0.25, 0.3) is 0 Å². The van der Waals surface area contributed by atoms with E-state index in [1.54, 1.807) is 0 Å². The fourth-order valence-corrected chi connectivity index (χ4v) is 1.87. The van der Waals surface area contributed by atoms with E-state index in [4.69, 9.17) is 10.5 Å². The standard InChI is InChI=1S/C16H17NO2/c1-12-7-8-14(10-16(17)18)15(9-12)19-11-13-5-3-2-4-6-13/h2-9H,10-11H2,1H3,(H2,17,18). The van der Waals surface area contributed by atoms with Crippen LogP contribution in [0.1, 0.15) is 16.7 Å². The van der Waals surface area contributed by atoms with Crippen LogP contribution in [0.15, 0.2) is 48.5 Å². The lowest BCUT2D eigenvalue weighted by molar-refractivity contribution is -0.117. The molecular weight excluding hydrogens is 238 g/mol. The number of ether oxygens (including phenoxy) is 1. The number of rotatable bonds is 5. The molecule has 0 aromatic heterocycles. The van der Waals surface area contributed by atoms with Crippen molar-refractivity contribution < 1.29 is 9.53 Å². The molecule has 0 spiro atoms. The Balaban J connectivity index is 2.14. The number of hydrogen-bond acceptors (Lipinski definition) is 2. The lowest BCUT2D eigenvalue weighted by atomic mass is 10.1. The number of carbonyl (C=O) groups excluding carboxylic acids is 1. The van der Waals surface area contributed by atoms with Gasteiger partial charge in [-0.05, 0) is 24.1 Å². The van der Waals surface area contributed by atoms with Crippen LogP contribution in [0.2, 0.25) is 0 Å². The van der Waals surface area contributed by atoms with Crippen molar-refractivity contribution in [2.75, 3.05) is 0 Å². The SMILES string of the molecule is Cc1ccc(CC(N)=O)c(OCc2ccccc2)c1. The monoisotopic (exact) mass is 255 g/mol. The maximum atomic E-state index is 11.0. The minimum atomic E-state index is -0.353. The van der Waals surface area contributed by atoms with Gasteiger partial charge in [0.1, 0.15) is 12.4 Å². The zero-order valence-corrected chi connectivity index (χ0v) is 10.9. The molecule has 2 N–H and O–H groups in total. The second-order valence-electron chi connectivity index (χ2n) is 4.53. The van der Waals surface area contributed by atoms with Crippen LogP contribution in [-0.2, 0) is 17.8 Å². The smallest absolute Gasteiger partial charge is 0.221 e. The van der Waals surface area contributed by atoms with Crippen LogP contribution in [0.3, 0.4) is 0 Å². The van der Waals surface area contributed by atoms with E-state index in [0.717, 1.165) is 22.4 Å². The number of nitrogens with two attached hydrogens (primary N) is 1. The summed E-state index contributed by atoms with van der Waals surface area (Å²) in [5.41, 5.74) is 8.26. The Bertz CT molecular complexity index is 564. The van der Waals surface area contributed by atoms with Gasteiger partial charge in [-0.25, -0.2) is 0 Å². The summed E-state index contributed by atoms with van der Waals surface area (Å²) in [5.74, 6) is 0.371. The second kappa shape index (κ2) is 6.05. The highest BCUT2D eigenvalue weighted by atomic mass is 16.5. The molecule has 0 aliphatic rings. The maximum absolute atomic E-state index is 11.0. The Labute approximate surface area is 113 Å². The zero-order chi connectivity index (χ0) is 13.7. The summed E-state index contributed by atoms with van der Waals surface area (Å²) in [6.07, 6.45) is 0.199. The van der Waals surface area contributed by atoms with Gasteiger partial charge in [-0.3, -0.25) is 4.79 Å². The van der Waals surface area contributed by atoms with Gasteiger partial charge >= 0.3 is 0 Å². The Kier molecular flexibility index (Phi) is 4.18. The minimum absolute atomic E-state index is 0.199. The molecule has 2 aromatic rings. The number of carbonyl (C=O) groups is 1. The van der Waals surface area contributed by atoms with Crippen molar-refractivity contribution in [3.63, 3.8) is 0 Å². The Morgan fingerprint density at radius 2 is 1.89 bits per heavy atom. The van der Waals surface area contributed by atoms with Gasteiger partial charge in [-0.15, -0.1) is 0 Å². The van der Waals surface area contributed by atoms with E-state index >= 15 is 0 Å². The number of hydrogen-bond donors (Lipinski definition) is 1. The zero-order valence-electron chi connectivity index (χ0n) is 10.9. The highest BCUT2D eigenvalue weighted by Crippen LogP contribution is 2.22. The van der Waals surface area contributed by atoms with Crippen molar-refractivity contribution in [2.24, 2.45) is 5.73 Å². The number of benzene rings is 2. The first-order valence-electron chi connectivity index (χ1n) is 6.19. The molecule has 0 radical (unpaired) electrons. The van der Waals surface area contributed by atoms with Crippen LogP contribution in [0, 0.1) is 6.92 Å². The molecule has 0 fully saturated rings. The van der Waals surface area contributed by atoms with Gasteiger partial charge in [-0.2, -0.15) is 0 Å². The molecule has 98 valence electrons. The van der Waals surface area contributed by atoms with E-state index in [1.807, 2.05) is 55.5 Å². The van der Waals surface area contributed by atoms with Crippen molar-refractivity contribution >= 4 is 5.91 Å². The molecule has 3 nitrogen and oxygen atoms in total. The van der Waals surface area contributed by atoms with Gasteiger partial charge in [0.25, 0.3) is 0 Å². The largest absolute Gasteiger partial charge is 0.489 e. The van der Waals surface area contributed by atoms with Crippen molar-refractivity contribution in [2.45, 2.75) is 20.0 Å². The van der Waals surface area contributed by atoms with Crippen LogP contribution < -0.4 is 10.5 Å². The molecule has 0 atom stereocenters. The molecule has 19 heavy (non-hydrogen) atoms. The minimum Gasteiger partial charge on any atom is -0.489 e. The van der Waals surface area contributed by atoms with E-state index in [2.05, 4.69) is 0 Å². The van der Waals surface area contributed by atoms with Crippen LogP contribution >= 0.6 is 0 Å². The normalized spacial score (nSPS) is 10.2. The van der Waals surface area contributed by atoms with Crippen LogP contribution in [0.5, 0.6) is 5.75 Å². The molecule has 0 bridgehead atoms. The van der Waals surface area contributed by atoms with Gasteiger partial charge < -0.3 is 10.5 Å². The summed E-state index contributed by atoms with van der Waals surface area (Å²) in [5, 5.41) is 0. The highest BCUT2D eigenvalue weighted by Gasteiger charge is 2.07. The topological polar surface area (TPSA) is 52.3 Å². The van der Waals surface area contributed by atoms with E-state index in [-0.39, 0.29) is 12.3 Å². The molecule has 0 heterocycles. The maximum Gasteiger partial charge on any atom is 0.221 e. The molecule has 1 amide bonds. The third kappa shape index (κ3) is 3.85. The summed E-state index contributed by atoms with van der Waals surface area (Å²) < 4.78 is 5.80. The van der Waals surface area contributed by atoms with E-state index < -0.39 is 0 Å². The molecular formula is C16H17NO2. The Morgan fingerprint density at radius 1 is 1.16 bits per heavy atom. The summed E-state index contributed by atoms with van der Waals surface area (Å²) >= 11 is 0. The molecule has 2 rings (SSSR count). The average molecular weight is 255 g/mol. The predicted molar refractivity (Wildman–Crippen MR) is 74.9 cm³/mol. The number of aryl methyl sites for hydroxylation is 1. The van der Waals surface area contributed by atoms with Crippen molar-refractivity contribution in [1.82, 2.24) is 0 Å². The average Bonchev–Trinajstić information content (AvgIpc) is 2.40. The summed E-state index contributed by atoms with van der Waals surface area (Å²) in [6, 6.07) is 15.7. The third-order valence-electron chi connectivity index (χ3n) is 2.82. The fraction of sp³-hybridized carbons (Fsp3) is 0.188. The first kappa shape index (κ1) is 13.1. The molecule has 2 aromatic carbocycles. The Morgan fingerprint density at radius 3 is 2.58 bits per heavy atom. The quantitative estimate of drug-likeness (QED) is 0.892. The van der Waals surface area contributed by atoms with Gasteiger partial charge in [-0.1, -0.05) is 42.5 Å². The molecule has 0 aliphatic carbocycles. The molecule has 0 saturated heterocycles. The molecule has 0 unspecified atom stereocenters. The van der Waals surface area contributed by atoms with E-state index in [0.29, 0.717) is 6.61 Å². The van der Waals surface area contributed by atoms with Crippen molar-refractivity contribution in [1.29, 1.82) is 0 Å². The predicted octanol–water partition coefficient (Wildman–Crippen LogP) is 2.60. The fourth-order valence-electron chi connectivity index (χ4n) is 1.87. The second-order valence-corrected chi connectivity index (χ2v) is 4.53. The third-order valence-corrected chi connectivity index (χ3v) is 2.82. The summed E-state index contributed by atoms with van der Waals surface area (Å²) in [6.45, 7) is 2.47. The summed E-state index contributed by atoms with van der Waals surface area (Å²) in [4.78, 5) is 11.0. The first-order valence-corrected chi connectivity index (χ1v) is 6.19. The lowest BCUT2D eigenvalue weighted by Gasteiger charge is -2.11. The first-order chi connectivity index (χ1) is 9.15. The molecule has 0 saturated carbocycles. The summed E-state index contributed by atoms with van der Waals surface area (Å²) in [7, 11) is 0. The van der Waals surface area contributed by atoms with Gasteiger partial charge in [0.15, 0.2) is 0 Å². The van der Waals surface area contributed by atoms with Gasteiger partial charge in [0.2, 0.25) is 5.91 Å². The van der Waals surface area contributed by atoms with Crippen LogP contribution in [0.4, 0.5) is 0 Å².